The van der Waals surface area contributed by atoms with Crippen molar-refractivity contribution in [3.63, 3.8) is 0 Å². The second-order valence-corrected chi connectivity index (χ2v) is 3.71. The van der Waals surface area contributed by atoms with Crippen LogP contribution >= 0.6 is 0 Å². The Morgan fingerprint density at radius 1 is 1.47 bits per heavy atom. The summed E-state index contributed by atoms with van der Waals surface area (Å²) in [5.74, 6) is 0.589. The van der Waals surface area contributed by atoms with Crippen molar-refractivity contribution in [1.82, 2.24) is 9.97 Å². The Labute approximate surface area is 85.9 Å². The first-order valence-electron chi connectivity index (χ1n) is 4.91. The molecule has 0 fully saturated rings. The number of hydrogen-bond donors (Lipinski definition) is 1. The molecule has 0 amide bonds. The van der Waals surface area contributed by atoms with Crippen molar-refractivity contribution >= 4 is 10.9 Å². The Morgan fingerprint density at radius 2 is 2.33 bits per heavy atom. The number of aromatic amines is 1. The molecular formula is C11H10N2O2. The summed E-state index contributed by atoms with van der Waals surface area (Å²) in [6.45, 7) is 2.54. The summed E-state index contributed by atoms with van der Waals surface area (Å²) in [6, 6.07) is 3.66. The lowest BCUT2D eigenvalue weighted by atomic mass is 10.1. The molecule has 3 rings (SSSR count). The maximum atomic E-state index is 11.7. The van der Waals surface area contributed by atoms with E-state index < -0.39 is 0 Å². The largest absolute Gasteiger partial charge is 0.478 e. The van der Waals surface area contributed by atoms with Gasteiger partial charge in [0.2, 0.25) is 0 Å². The molecule has 2 aromatic heterocycles. The summed E-state index contributed by atoms with van der Waals surface area (Å²) in [5.41, 5.74) is 2.60. The fourth-order valence-corrected chi connectivity index (χ4v) is 1.93. The van der Waals surface area contributed by atoms with Crippen LogP contribution in [0.1, 0.15) is 11.3 Å². The van der Waals surface area contributed by atoms with Crippen molar-refractivity contribution < 1.29 is 4.74 Å². The molecule has 1 N–H and O–H groups in total. The van der Waals surface area contributed by atoms with Crippen LogP contribution in [0.5, 0.6) is 5.88 Å². The van der Waals surface area contributed by atoms with Gasteiger partial charge >= 0.3 is 0 Å². The van der Waals surface area contributed by atoms with Crippen molar-refractivity contribution in [2.45, 2.75) is 13.3 Å². The molecule has 4 heteroatoms. The number of pyridine rings is 2. The molecule has 15 heavy (non-hydrogen) atoms. The van der Waals surface area contributed by atoms with E-state index in [9.17, 15) is 4.79 Å². The molecule has 0 saturated heterocycles. The first-order chi connectivity index (χ1) is 7.25. The number of rotatable bonds is 0. The number of H-pyrrole nitrogens is 1. The number of nitrogens with zero attached hydrogens (tertiary/aromatic N) is 1. The third-order valence-corrected chi connectivity index (χ3v) is 2.66. The van der Waals surface area contributed by atoms with E-state index in [0.717, 1.165) is 23.2 Å². The smallest absolute Gasteiger partial charge is 0.260 e. The predicted molar refractivity (Wildman–Crippen MR) is 56.3 cm³/mol. The van der Waals surface area contributed by atoms with Gasteiger partial charge in [0.05, 0.1) is 17.5 Å². The van der Waals surface area contributed by atoms with Gasteiger partial charge in [0, 0.05) is 17.7 Å². The maximum Gasteiger partial charge on any atom is 0.260 e. The van der Waals surface area contributed by atoms with E-state index in [-0.39, 0.29) is 5.56 Å². The molecule has 0 atom stereocenters. The Bertz CT molecular complexity index is 601. The number of hydrogen-bond acceptors (Lipinski definition) is 3. The van der Waals surface area contributed by atoms with Crippen LogP contribution in [-0.2, 0) is 6.42 Å². The lowest BCUT2D eigenvalue weighted by molar-refractivity contribution is 0.344. The van der Waals surface area contributed by atoms with Gasteiger partial charge in [0.25, 0.3) is 5.56 Å². The van der Waals surface area contributed by atoms with E-state index in [0.29, 0.717) is 17.9 Å². The summed E-state index contributed by atoms with van der Waals surface area (Å²) >= 11 is 0. The molecular weight excluding hydrogens is 192 g/mol. The fraction of sp³-hybridized carbons (Fsp3) is 0.273. The van der Waals surface area contributed by atoms with Crippen LogP contribution in [0, 0.1) is 6.92 Å². The van der Waals surface area contributed by atoms with Crippen LogP contribution in [0.4, 0.5) is 0 Å². The Morgan fingerprint density at radius 3 is 3.20 bits per heavy atom. The minimum atomic E-state index is -0.127. The molecule has 0 aliphatic carbocycles. The maximum absolute atomic E-state index is 11.7. The van der Waals surface area contributed by atoms with Crippen LogP contribution < -0.4 is 10.3 Å². The number of aromatic nitrogens is 2. The minimum Gasteiger partial charge on any atom is -0.478 e. The second kappa shape index (κ2) is 2.82. The van der Waals surface area contributed by atoms with Gasteiger partial charge in [-0.15, -0.1) is 0 Å². The summed E-state index contributed by atoms with van der Waals surface area (Å²) < 4.78 is 5.33. The van der Waals surface area contributed by atoms with Gasteiger partial charge in [0.15, 0.2) is 5.88 Å². The number of fused-ring (bicyclic) bond motifs is 3. The number of aryl methyl sites for hydroxylation is 1. The van der Waals surface area contributed by atoms with Gasteiger partial charge in [-0.2, -0.15) is 0 Å². The normalized spacial score (nSPS) is 13.9. The van der Waals surface area contributed by atoms with Crippen molar-refractivity contribution in [3.8, 4) is 5.88 Å². The Hall–Kier alpha value is -1.84. The van der Waals surface area contributed by atoms with Crippen molar-refractivity contribution in [2.24, 2.45) is 0 Å². The van der Waals surface area contributed by atoms with E-state index >= 15 is 0 Å². The number of nitrogens with one attached hydrogen (secondary N) is 1. The zero-order chi connectivity index (χ0) is 10.4. The topological polar surface area (TPSA) is 55.0 Å². The third-order valence-electron chi connectivity index (χ3n) is 2.66. The lowest BCUT2D eigenvalue weighted by Crippen LogP contribution is -2.08. The van der Waals surface area contributed by atoms with E-state index in [1.165, 1.54) is 0 Å². The molecule has 1 aliphatic rings. The van der Waals surface area contributed by atoms with E-state index in [2.05, 4.69) is 9.97 Å². The molecule has 76 valence electrons. The molecule has 0 unspecified atom stereocenters. The fourth-order valence-electron chi connectivity index (χ4n) is 1.93. The molecule has 0 saturated carbocycles. The van der Waals surface area contributed by atoms with Gasteiger partial charge in [-0.25, -0.2) is 0 Å². The van der Waals surface area contributed by atoms with Gasteiger partial charge in [-0.1, -0.05) is 0 Å². The monoisotopic (exact) mass is 202 g/mol. The highest BCUT2D eigenvalue weighted by atomic mass is 16.5. The molecule has 0 bridgehead atoms. The summed E-state index contributed by atoms with van der Waals surface area (Å²) in [5, 5.41) is 0.643. The van der Waals surface area contributed by atoms with Gasteiger partial charge in [0.1, 0.15) is 0 Å². The first-order valence-corrected chi connectivity index (χ1v) is 4.91. The molecule has 4 nitrogen and oxygen atoms in total. The highest BCUT2D eigenvalue weighted by Crippen LogP contribution is 2.26. The van der Waals surface area contributed by atoms with Gasteiger partial charge < -0.3 is 4.74 Å². The average Bonchev–Trinajstić information content (AvgIpc) is 2.65. The van der Waals surface area contributed by atoms with Gasteiger partial charge in [-0.3, -0.25) is 14.8 Å². The lowest BCUT2D eigenvalue weighted by Gasteiger charge is -2.03. The predicted octanol–water partition coefficient (Wildman–Crippen LogP) is 1.17. The van der Waals surface area contributed by atoms with Crippen LogP contribution in [0.15, 0.2) is 16.9 Å². The molecule has 3 heterocycles. The van der Waals surface area contributed by atoms with E-state index in [1.807, 2.05) is 19.1 Å². The van der Waals surface area contributed by atoms with Gasteiger partial charge in [-0.05, 0) is 19.1 Å². The molecule has 0 aromatic carbocycles. The zero-order valence-corrected chi connectivity index (χ0v) is 8.33. The van der Waals surface area contributed by atoms with E-state index in [4.69, 9.17) is 4.74 Å². The van der Waals surface area contributed by atoms with Crippen LogP contribution in [0.25, 0.3) is 10.9 Å². The van der Waals surface area contributed by atoms with Crippen LogP contribution in [0.3, 0.4) is 0 Å². The van der Waals surface area contributed by atoms with Crippen molar-refractivity contribution in [2.75, 3.05) is 6.61 Å². The third kappa shape index (κ3) is 1.14. The minimum absolute atomic E-state index is 0.127. The standard InChI is InChI=1S/C11H10N2O2/c1-6-2-3-7-9(12-6)8-4-5-15-11(8)13-10(7)14/h2-3H,4-5H2,1H3,(H,13,14). The summed E-state index contributed by atoms with van der Waals surface area (Å²) in [6.07, 6.45) is 0.819. The molecule has 0 radical (unpaired) electrons. The summed E-state index contributed by atoms with van der Waals surface area (Å²) in [4.78, 5) is 18.8. The Balaban J connectivity index is 2.51. The van der Waals surface area contributed by atoms with Crippen LogP contribution in [0.2, 0.25) is 0 Å². The Kier molecular flexibility index (Phi) is 1.59. The highest BCUT2D eigenvalue weighted by molar-refractivity contribution is 5.82. The van der Waals surface area contributed by atoms with Crippen molar-refractivity contribution in [3.05, 3.63) is 33.7 Å². The number of ether oxygens (including phenoxy) is 1. The van der Waals surface area contributed by atoms with Crippen molar-refractivity contribution in [1.29, 1.82) is 0 Å². The molecule has 0 spiro atoms. The van der Waals surface area contributed by atoms with Crippen LogP contribution in [-0.4, -0.2) is 16.6 Å². The quantitative estimate of drug-likeness (QED) is 0.697. The molecule has 1 aliphatic heterocycles. The summed E-state index contributed by atoms with van der Waals surface area (Å²) in [7, 11) is 0. The second-order valence-electron chi connectivity index (χ2n) is 3.71. The molecule has 2 aromatic rings. The first kappa shape index (κ1) is 8.47. The highest BCUT2D eigenvalue weighted by Gasteiger charge is 2.18. The van der Waals surface area contributed by atoms with E-state index in [1.54, 1.807) is 0 Å². The average molecular weight is 202 g/mol. The zero-order valence-electron chi connectivity index (χ0n) is 8.33. The SMILES string of the molecule is Cc1ccc2c(=O)[nH]c3c(c2n1)CCO3.